The second kappa shape index (κ2) is 22.7. The molecule has 2 aliphatic carbocycles. The smallest absolute Gasteiger partial charge is 0.549 e. The minimum absolute atomic E-state index is 0. The van der Waals surface area contributed by atoms with Crippen LogP contribution in [0.5, 0.6) is 0 Å². The Bertz CT molecular complexity index is 1410. The van der Waals surface area contributed by atoms with E-state index in [-0.39, 0.29) is 150 Å². The molecule has 0 radical (unpaired) electrons. The molecule has 248 valence electrons. The molecule has 0 spiro atoms. The summed E-state index contributed by atoms with van der Waals surface area (Å²) in [6.45, 7) is 8.83. The third kappa shape index (κ3) is 14.6. The van der Waals surface area contributed by atoms with Gasteiger partial charge in [0, 0.05) is 33.1 Å². The van der Waals surface area contributed by atoms with Crippen LogP contribution in [0.15, 0.2) is 70.9 Å². The molecule has 0 saturated heterocycles. The number of hydrogen-bond acceptors (Lipinski definition) is 16. The van der Waals surface area contributed by atoms with Crippen LogP contribution in [0, 0.1) is 10.8 Å². The molecular formula is C30H26Ca3O16. The van der Waals surface area contributed by atoms with Crippen molar-refractivity contribution in [2.75, 3.05) is 13.2 Å². The van der Waals surface area contributed by atoms with Gasteiger partial charge in [-0.05, 0) is 50.7 Å². The average Bonchev–Trinajstić information content (AvgIpc) is 2.96. The van der Waals surface area contributed by atoms with E-state index in [2.05, 4.69) is 13.2 Å². The first-order chi connectivity index (χ1) is 21.2. The summed E-state index contributed by atoms with van der Waals surface area (Å²) in [5.41, 5.74) is -6.21. The van der Waals surface area contributed by atoms with Gasteiger partial charge in [0.25, 0.3) is 0 Å². The molecule has 0 saturated carbocycles. The van der Waals surface area contributed by atoms with Crippen molar-refractivity contribution in [2.24, 2.45) is 10.8 Å². The maximum atomic E-state index is 11.4. The molecule has 0 aliphatic heterocycles. The van der Waals surface area contributed by atoms with Gasteiger partial charge < -0.3 is 68.9 Å². The second-order valence-electron chi connectivity index (χ2n) is 10.2. The summed E-state index contributed by atoms with van der Waals surface area (Å²) in [5.74, 6) is -11.9. The number of ether oxygens (including phenoxy) is 2. The fraction of sp³-hybridized carbons (Fsp3) is 0.333. The summed E-state index contributed by atoms with van der Waals surface area (Å²) in [5, 5.41) is 66.7. The van der Waals surface area contributed by atoms with Gasteiger partial charge in [-0.1, -0.05) is 37.5 Å². The third-order valence-corrected chi connectivity index (χ3v) is 6.78. The van der Waals surface area contributed by atoms with Crippen molar-refractivity contribution in [1.82, 2.24) is 0 Å². The molecule has 16 nitrogen and oxygen atoms in total. The van der Waals surface area contributed by atoms with E-state index in [1.165, 1.54) is 13.8 Å². The molecule has 2 atom stereocenters. The Kier molecular flexibility index (Phi) is 23.8. The molecule has 49 heavy (non-hydrogen) atoms. The molecule has 0 N–H and O–H groups in total. The van der Waals surface area contributed by atoms with Crippen molar-refractivity contribution >= 4 is 161 Å². The van der Waals surface area contributed by atoms with Crippen molar-refractivity contribution in [2.45, 2.75) is 39.5 Å². The number of carboxylic acids is 6. The van der Waals surface area contributed by atoms with Crippen LogP contribution in [-0.4, -0.2) is 174 Å². The molecule has 0 bridgehead atoms. The van der Waals surface area contributed by atoms with Crippen LogP contribution < -0.4 is 30.6 Å². The zero-order valence-electron chi connectivity index (χ0n) is 26.6. The van der Waals surface area contributed by atoms with Crippen LogP contribution in [-0.2, 0) is 47.8 Å². The normalized spacial score (nSPS) is 18.8. The van der Waals surface area contributed by atoms with E-state index in [1.54, 1.807) is 0 Å². The van der Waals surface area contributed by atoms with Gasteiger partial charge in [-0.25, -0.2) is 9.59 Å². The second-order valence-corrected chi connectivity index (χ2v) is 10.2. The van der Waals surface area contributed by atoms with Gasteiger partial charge in [0.2, 0.25) is 0 Å². The Labute approximate surface area is 369 Å². The Hall–Kier alpha value is -2.02. The van der Waals surface area contributed by atoms with Gasteiger partial charge in [-0.3, -0.25) is 0 Å². The van der Waals surface area contributed by atoms with Crippen molar-refractivity contribution in [3.8, 4) is 0 Å². The summed E-state index contributed by atoms with van der Waals surface area (Å²) in [7, 11) is 0. The molecule has 0 fully saturated rings. The van der Waals surface area contributed by atoms with Crippen molar-refractivity contribution in [1.29, 1.82) is 0 Å². The monoisotopic (exact) mass is 762 g/mol. The van der Waals surface area contributed by atoms with Crippen LogP contribution >= 0.6 is 0 Å². The standard InChI is InChI=1S/2C15H16O8.3Ca/c2*1-8(2)13(20)23-6-5-15(14(21)22)4-3-9(11(16)17)10(7-15)12(18)19;;;/h2*3-4H,1,5-7H2,2H3,(H,16,17)(H,18,19)(H,21,22);;;/q;;3*+2/p-6. The van der Waals surface area contributed by atoms with E-state index in [0.29, 0.717) is 0 Å². The molecule has 0 heterocycles. The van der Waals surface area contributed by atoms with Gasteiger partial charge in [0.05, 0.1) is 49.0 Å². The third-order valence-electron chi connectivity index (χ3n) is 6.78. The number of rotatable bonds is 14. The molecule has 0 amide bonds. The number of carboxylic acid groups (broad SMARTS) is 6. The Morgan fingerprint density at radius 1 is 0.592 bits per heavy atom. The maximum Gasteiger partial charge on any atom is 2.00 e. The van der Waals surface area contributed by atoms with Gasteiger partial charge in [-0.2, -0.15) is 0 Å². The van der Waals surface area contributed by atoms with E-state index in [4.69, 9.17) is 9.47 Å². The van der Waals surface area contributed by atoms with E-state index >= 15 is 0 Å². The van der Waals surface area contributed by atoms with E-state index in [1.807, 2.05) is 0 Å². The van der Waals surface area contributed by atoms with Gasteiger partial charge >= 0.3 is 125 Å². The number of aliphatic carboxylic acids is 6. The Morgan fingerprint density at radius 3 is 1.08 bits per heavy atom. The molecule has 0 aromatic heterocycles. The number of carbonyl (C=O) groups is 8. The first-order valence-corrected chi connectivity index (χ1v) is 13.0. The number of carbonyl (C=O) groups excluding carboxylic acids is 8. The van der Waals surface area contributed by atoms with E-state index in [0.717, 1.165) is 24.3 Å². The average molecular weight is 763 g/mol. The summed E-state index contributed by atoms with van der Waals surface area (Å²) in [6.07, 6.45) is 1.66. The predicted molar refractivity (Wildman–Crippen MR) is 155 cm³/mol. The van der Waals surface area contributed by atoms with Crippen LogP contribution in [0.3, 0.4) is 0 Å². The Balaban J connectivity index is -0.000000814. The number of hydrogen-bond donors (Lipinski definition) is 0. The van der Waals surface area contributed by atoms with E-state index < -0.39 is 93.7 Å². The quantitative estimate of drug-likeness (QED) is 0.0902. The fourth-order valence-electron chi connectivity index (χ4n) is 4.10. The van der Waals surface area contributed by atoms with Crippen LogP contribution in [0.4, 0.5) is 0 Å². The van der Waals surface area contributed by atoms with Crippen molar-refractivity contribution in [3.63, 3.8) is 0 Å². The summed E-state index contributed by atoms with van der Waals surface area (Å²) >= 11 is 0. The minimum atomic E-state index is -1.83. The first kappa shape index (κ1) is 51.3. The molecule has 0 aromatic carbocycles. The number of esters is 2. The zero-order chi connectivity index (χ0) is 35.6. The molecule has 19 heteroatoms. The molecule has 2 rings (SSSR count). The first-order valence-electron chi connectivity index (χ1n) is 13.0. The summed E-state index contributed by atoms with van der Waals surface area (Å²) < 4.78 is 9.56. The molecule has 2 aliphatic rings. The van der Waals surface area contributed by atoms with Crippen molar-refractivity contribution in [3.05, 3.63) is 70.9 Å². The largest absolute Gasteiger partial charge is 2.00 e. The topological polar surface area (TPSA) is 293 Å². The molecular weight excluding hydrogens is 737 g/mol. The molecule has 0 aromatic rings. The van der Waals surface area contributed by atoms with Crippen LogP contribution in [0.2, 0.25) is 0 Å². The van der Waals surface area contributed by atoms with Gasteiger partial charge in [0.15, 0.2) is 0 Å². The minimum Gasteiger partial charge on any atom is -0.549 e. The summed E-state index contributed by atoms with van der Waals surface area (Å²) in [6, 6.07) is 0. The molecule has 2 unspecified atom stereocenters. The Morgan fingerprint density at radius 2 is 0.878 bits per heavy atom. The maximum absolute atomic E-state index is 11.4. The van der Waals surface area contributed by atoms with Crippen LogP contribution in [0.25, 0.3) is 0 Å². The van der Waals surface area contributed by atoms with Gasteiger partial charge in [-0.15, -0.1) is 0 Å². The summed E-state index contributed by atoms with van der Waals surface area (Å²) in [4.78, 5) is 89.2. The van der Waals surface area contributed by atoms with E-state index in [9.17, 15) is 69.0 Å². The van der Waals surface area contributed by atoms with Gasteiger partial charge in [0.1, 0.15) is 0 Å². The zero-order valence-corrected chi connectivity index (χ0v) is 33.2. The predicted octanol–water partition coefficient (Wildman–Crippen LogP) is -7.17. The van der Waals surface area contributed by atoms with Crippen molar-refractivity contribution < 1.29 is 78.5 Å². The fourth-order valence-corrected chi connectivity index (χ4v) is 4.10. The van der Waals surface area contributed by atoms with Crippen LogP contribution in [0.1, 0.15) is 39.5 Å². The SMILES string of the molecule is C=C(C)C(=O)OCCC1(C(=O)[O-])C=CC(C(=O)[O-])=C(C(=O)[O-])C1.C=C(C)C(=O)OCCC1(C(=O)[O-])C=CC(C(=O)[O-])=C(C(=O)[O-])C1.[Ca+2].[Ca+2].[Ca+2].